The Morgan fingerprint density at radius 3 is 2.42 bits per heavy atom. The lowest BCUT2D eigenvalue weighted by atomic mass is 9.94. The number of carbonyl (C=O) groups excluding carboxylic acids is 2. The van der Waals surface area contributed by atoms with Crippen LogP contribution in [-0.2, 0) is 4.79 Å². The molecule has 0 aliphatic carbocycles. The molecule has 1 aromatic carbocycles. The zero-order valence-corrected chi connectivity index (χ0v) is 14.1. The van der Waals surface area contributed by atoms with Crippen LogP contribution in [0.1, 0.15) is 49.9 Å². The van der Waals surface area contributed by atoms with Crippen LogP contribution in [0.15, 0.2) is 18.2 Å². The summed E-state index contributed by atoms with van der Waals surface area (Å²) < 4.78 is 26.2. The van der Waals surface area contributed by atoms with E-state index in [9.17, 15) is 18.4 Å². The second-order valence-corrected chi connectivity index (χ2v) is 5.83. The highest BCUT2D eigenvalue weighted by molar-refractivity contribution is 5.94. The van der Waals surface area contributed by atoms with E-state index in [0.29, 0.717) is 19.0 Å². The van der Waals surface area contributed by atoms with Gasteiger partial charge in [0.25, 0.3) is 5.91 Å². The smallest absolute Gasteiger partial charge is 0.254 e. The molecule has 4 N–H and O–H groups in total. The maximum Gasteiger partial charge on any atom is 0.254 e. The van der Waals surface area contributed by atoms with Crippen molar-refractivity contribution in [2.24, 2.45) is 5.73 Å². The van der Waals surface area contributed by atoms with Crippen LogP contribution in [0.3, 0.4) is 0 Å². The molecule has 7 heteroatoms. The number of rotatable bonds is 9. The summed E-state index contributed by atoms with van der Waals surface area (Å²) in [6.45, 7) is 4.57. The first-order valence-corrected chi connectivity index (χ1v) is 8.10. The van der Waals surface area contributed by atoms with Gasteiger partial charge in [-0.25, -0.2) is 8.78 Å². The summed E-state index contributed by atoms with van der Waals surface area (Å²) in [4.78, 5) is 23.5. The standard InChI is InChI=1S/C17H25F2N3O2/c1-3-17(20,4-2)11-22-15(23)6-5-9-21-16(24)13-8-7-12(18)10-14(13)19/h7-8,10H,3-6,9,11,20H2,1-2H3,(H,21,24)(H,22,23). The summed E-state index contributed by atoms with van der Waals surface area (Å²) in [6, 6.07) is 2.76. The van der Waals surface area contributed by atoms with E-state index in [2.05, 4.69) is 10.6 Å². The molecule has 0 radical (unpaired) electrons. The molecule has 24 heavy (non-hydrogen) atoms. The predicted molar refractivity (Wildman–Crippen MR) is 88.4 cm³/mol. The third-order valence-electron chi connectivity index (χ3n) is 4.09. The van der Waals surface area contributed by atoms with Gasteiger partial charge in [0.05, 0.1) is 5.56 Å². The fourth-order valence-electron chi connectivity index (χ4n) is 2.08. The summed E-state index contributed by atoms with van der Waals surface area (Å²) in [7, 11) is 0. The highest BCUT2D eigenvalue weighted by Crippen LogP contribution is 2.10. The van der Waals surface area contributed by atoms with E-state index < -0.39 is 23.1 Å². The summed E-state index contributed by atoms with van der Waals surface area (Å²) >= 11 is 0. The Kier molecular flexibility index (Phi) is 7.78. The second-order valence-electron chi connectivity index (χ2n) is 5.83. The van der Waals surface area contributed by atoms with Gasteiger partial charge in [0.2, 0.25) is 5.91 Å². The van der Waals surface area contributed by atoms with E-state index in [1.54, 1.807) is 0 Å². The van der Waals surface area contributed by atoms with Gasteiger partial charge in [0.15, 0.2) is 0 Å². The summed E-state index contributed by atoms with van der Waals surface area (Å²) in [5.41, 5.74) is 5.47. The summed E-state index contributed by atoms with van der Waals surface area (Å²) in [6.07, 6.45) is 2.18. The molecule has 0 bridgehead atoms. The molecule has 134 valence electrons. The number of hydrogen-bond donors (Lipinski definition) is 3. The van der Waals surface area contributed by atoms with E-state index in [4.69, 9.17) is 5.73 Å². The van der Waals surface area contributed by atoms with Gasteiger partial charge in [-0.2, -0.15) is 0 Å². The van der Waals surface area contributed by atoms with Crippen LogP contribution in [0.4, 0.5) is 8.78 Å². The third-order valence-corrected chi connectivity index (χ3v) is 4.09. The minimum Gasteiger partial charge on any atom is -0.354 e. The maximum atomic E-state index is 13.4. The van der Waals surface area contributed by atoms with Crippen molar-refractivity contribution in [2.45, 2.75) is 45.1 Å². The summed E-state index contributed by atoms with van der Waals surface area (Å²) in [5.74, 6) is -2.43. The molecular weight excluding hydrogens is 316 g/mol. The van der Waals surface area contributed by atoms with Crippen LogP contribution < -0.4 is 16.4 Å². The lowest BCUT2D eigenvalue weighted by Crippen LogP contribution is -2.49. The lowest BCUT2D eigenvalue weighted by Gasteiger charge is -2.26. The SMILES string of the molecule is CCC(N)(CC)CNC(=O)CCCNC(=O)c1ccc(F)cc1F. The van der Waals surface area contributed by atoms with Crippen LogP contribution >= 0.6 is 0 Å². The second kappa shape index (κ2) is 9.32. The number of nitrogens with two attached hydrogens (primary N) is 1. The predicted octanol–water partition coefficient (Wildman–Crippen LogP) is 2.11. The molecule has 1 aromatic rings. The van der Waals surface area contributed by atoms with Crippen molar-refractivity contribution in [3.05, 3.63) is 35.4 Å². The quantitative estimate of drug-likeness (QED) is 0.602. The highest BCUT2D eigenvalue weighted by atomic mass is 19.1. The zero-order valence-electron chi connectivity index (χ0n) is 14.1. The van der Waals surface area contributed by atoms with Crippen molar-refractivity contribution in [1.29, 1.82) is 0 Å². The van der Waals surface area contributed by atoms with E-state index in [1.165, 1.54) is 0 Å². The molecule has 0 atom stereocenters. The Morgan fingerprint density at radius 2 is 1.83 bits per heavy atom. The Hall–Kier alpha value is -2.02. The fourth-order valence-corrected chi connectivity index (χ4v) is 2.08. The van der Waals surface area contributed by atoms with Gasteiger partial charge in [-0.05, 0) is 31.4 Å². The molecule has 0 saturated heterocycles. The van der Waals surface area contributed by atoms with Crippen LogP contribution in [0.25, 0.3) is 0 Å². The van der Waals surface area contributed by atoms with Gasteiger partial charge in [-0.3, -0.25) is 9.59 Å². The topological polar surface area (TPSA) is 84.2 Å². The van der Waals surface area contributed by atoms with E-state index >= 15 is 0 Å². The van der Waals surface area contributed by atoms with Gasteiger partial charge in [-0.15, -0.1) is 0 Å². The third kappa shape index (κ3) is 6.23. The Morgan fingerprint density at radius 1 is 1.17 bits per heavy atom. The lowest BCUT2D eigenvalue weighted by molar-refractivity contribution is -0.121. The molecule has 0 spiro atoms. The van der Waals surface area contributed by atoms with Crippen molar-refractivity contribution >= 4 is 11.8 Å². The first kappa shape index (κ1) is 20.0. The molecule has 0 fully saturated rings. The highest BCUT2D eigenvalue weighted by Gasteiger charge is 2.20. The van der Waals surface area contributed by atoms with Crippen LogP contribution in [-0.4, -0.2) is 30.4 Å². The molecule has 2 amide bonds. The molecule has 0 aliphatic rings. The minimum atomic E-state index is -0.913. The molecule has 0 unspecified atom stereocenters. The van der Waals surface area contributed by atoms with Gasteiger partial charge >= 0.3 is 0 Å². The number of hydrogen-bond acceptors (Lipinski definition) is 3. The van der Waals surface area contributed by atoms with Crippen LogP contribution in [0.2, 0.25) is 0 Å². The normalized spacial score (nSPS) is 11.2. The molecule has 5 nitrogen and oxygen atoms in total. The number of amides is 2. The average Bonchev–Trinajstić information content (AvgIpc) is 2.56. The van der Waals surface area contributed by atoms with Gasteiger partial charge in [0, 0.05) is 31.1 Å². The zero-order chi connectivity index (χ0) is 18.2. The maximum absolute atomic E-state index is 13.4. The van der Waals surface area contributed by atoms with Crippen molar-refractivity contribution in [3.63, 3.8) is 0 Å². The molecule has 1 rings (SSSR count). The Labute approximate surface area is 141 Å². The first-order valence-electron chi connectivity index (χ1n) is 8.10. The fraction of sp³-hybridized carbons (Fsp3) is 0.529. The van der Waals surface area contributed by atoms with E-state index in [-0.39, 0.29) is 24.4 Å². The monoisotopic (exact) mass is 341 g/mol. The molecule has 0 saturated carbocycles. The molecular formula is C17H25F2N3O2. The number of carbonyl (C=O) groups is 2. The first-order chi connectivity index (χ1) is 11.3. The number of nitrogens with one attached hydrogen (secondary N) is 2. The van der Waals surface area contributed by atoms with Crippen molar-refractivity contribution in [3.8, 4) is 0 Å². The largest absolute Gasteiger partial charge is 0.354 e. The van der Waals surface area contributed by atoms with Gasteiger partial charge in [-0.1, -0.05) is 13.8 Å². The number of halogens is 2. The van der Waals surface area contributed by atoms with Crippen molar-refractivity contribution in [2.75, 3.05) is 13.1 Å². The van der Waals surface area contributed by atoms with E-state index in [0.717, 1.165) is 25.0 Å². The molecule has 0 aromatic heterocycles. The molecule has 0 heterocycles. The summed E-state index contributed by atoms with van der Waals surface area (Å²) in [5, 5.41) is 5.29. The van der Waals surface area contributed by atoms with E-state index in [1.807, 2.05) is 13.8 Å². The van der Waals surface area contributed by atoms with Crippen LogP contribution in [0, 0.1) is 11.6 Å². The Bertz CT molecular complexity index is 575. The van der Waals surface area contributed by atoms with Gasteiger partial charge in [0.1, 0.15) is 11.6 Å². The van der Waals surface area contributed by atoms with Crippen molar-refractivity contribution < 1.29 is 18.4 Å². The van der Waals surface area contributed by atoms with Crippen molar-refractivity contribution in [1.82, 2.24) is 10.6 Å². The Balaban J connectivity index is 2.30. The van der Waals surface area contributed by atoms with Crippen LogP contribution in [0.5, 0.6) is 0 Å². The van der Waals surface area contributed by atoms with Gasteiger partial charge < -0.3 is 16.4 Å². The molecule has 0 aliphatic heterocycles. The number of benzene rings is 1. The minimum absolute atomic E-state index is 0.145. The average molecular weight is 341 g/mol.